The van der Waals surface area contributed by atoms with Gasteiger partial charge in [-0.15, -0.1) is 0 Å². The fraction of sp³-hybridized carbons (Fsp3) is 0.417. The first-order valence-corrected chi connectivity index (χ1v) is 8.47. The lowest BCUT2D eigenvalue weighted by atomic mass is 10.2. The first-order valence-electron chi connectivity index (χ1n) is 5.78. The molecule has 1 aromatic rings. The number of ether oxygens (including phenoxy) is 2. The van der Waals surface area contributed by atoms with Crippen molar-refractivity contribution in [3.05, 3.63) is 28.8 Å². The molecule has 5 nitrogen and oxygen atoms in total. The van der Waals surface area contributed by atoms with E-state index in [9.17, 15) is 13.2 Å². The molecule has 1 atom stereocenters. The van der Waals surface area contributed by atoms with Crippen LogP contribution in [0.4, 0.5) is 0 Å². The normalized spacial score (nSPS) is 13.0. The van der Waals surface area contributed by atoms with Crippen LogP contribution in [0.2, 0.25) is 5.02 Å². The lowest BCUT2D eigenvalue weighted by molar-refractivity contribution is 0.00437. The zero-order valence-electron chi connectivity index (χ0n) is 10.9. The van der Waals surface area contributed by atoms with Crippen LogP contribution in [0.15, 0.2) is 23.1 Å². The van der Waals surface area contributed by atoms with E-state index in [-0.39, 0.29) is 22.1 Å². The minimum Gasteiger partial charge on any atom is -0.457 e. The van der Waals surface area contributed by atoms with Crippen LogP contribution in [0.5, 0.6) is 0 Å². The topological polar surface area (TPSA) is 69.7 Å². The zero-order valence-corrected chi connectivity index (χ0v) is 13.3. The van der Waals surface area contributed by atoms with E-state index in [1.165, 1.54) is 12.1 Å². The highest BCUT2D eigenvalue weighted by Gasteiger charge is 2.19. The highest BCUT2D eigenvalue weighted by atomic mass is 35.7. The largest absolute Gasteiger partial charge is 0.457 e. The van der Waals surface area contributed by atoms with Gasteiger partial charge in [0.1, 0.15) is 11.0 Å². The predicted molar refractivity (Wildman–Crippen MR) is 75.9 cm³/mol. The van der Waals surface area contributed by atoms with Crippen LogP contribution >= 0.6 is 22.3 Å². The number of rotatable bonds is 6. The molecular weight excluding hydrogens is 327 g/mol. The Labute approximate surface area is 127 Å². The summed E-state index contributed by atoms with van der Waals surface area (Å²) in [6.45, 7) is 4.27. The minimum absolute atomic E-state index is 0.0528. The highest BCUT2D eigenvalue weighted by Crippen LogP contribution is 2.26. The van der Waals surface area contributed by atoms with Gasteiger partial charge in [0, 0.05) is 17.3 Å². The van der Waals surface area contributed by atoms with E-state index in [0.29, 0.717) is 6.61 Å². The molecular formula is C12H14Cl2O5S. The molecule has 0 aliphatic heterocycles. The third-order valence-electron chi connectivity index (χ3n) is 2.29. The molecule has 8 heteroatoms. The Bertz CT molecular complexity index is 586. The van der Waals surface area contributed by atoms with Gasteiger partial charge in [0.25, 0.3) is 9.05 Å². The van der Waals surface area contributed by atoms with E-state index in [1.54, 1.807) is 6.92 Å². The molecule has 1 rings (SSSR count). The number of carbonyl (C=O) groups excluding carboxylic acids is 1. The van der Waals surface area contributed by atoms with E-state index in [2.05, 4.69) is 0 Å². The van der Waals surface area contributed by atoms with Crippen molar-refractivity contribution < 1.29 is 22.7 Å². The molecule has 0 saturated carbocycles. The van der Waals surface area contributed by atoms with Crippen molar-refractivity contribution in [1.82, 2.24) is 0 Å². The van der Waals surface area contributed by atoms with Gasteiger partial charge < -0.3 is 9.47 Å². The fourth-order valence-corrected chi connectivity index (χ4v) is 2.88. The first-order chi connectivity index (χ1) is 9.25. The van der Waals surface area contributed by atoms with E-state index in [0.717, 1.165) is 6.07 Å². The van der Waals surface area contributed by atoms with Gasteiger partial charge >= 0.3 is 5.97 Å². The van der Waals surface area contributed by atoms with Crippen molar-refractivity contribution in [3.63, 3.8) is 0 Å². The Hall–Kier alpha value is -0.820. The summed E-state index contributed by atoms with van der Waals surface area (Å²) in [6.07, 6.45) is -0.450. The molecule has 1 aromatic carbocycles. The van der Waals surface area contributed by atoms with Gasteiger partial charge in [0.2, 0.25) is 0 Å². The van der Waals surface area contributed by atoms with Crippen LogP contribution in [0.1, 0.15) is 24.2 Å². The van der Waals surface area contributed by atoms with Gasteiger partial charge in [-0.1, -0.05) is 11.6 Å². The molecule has 0 bridgehead atoms. The lowest BCUT2D eigenvalue weighted by Gasteiger charge is -2.13. The van der Waals surface area contributed by atoms with Crippen molar-refractivity contribution in [2.24, 2.45) is 0 Å². The van der Waals surface area contributed by atoms with Crippen molar-refractivity contribution in [1.29, 1.82) is 0 Å². The van der Waals surface area contributed by atoms with Gasteiger partial charge in [0.05, 0.1) is 17.2 Å². The summed E-state index contributed by atoms with van der Waals surface area (Å²) in [5, 5.41) is -0.0566. The number of esters is 1. The Morgan fingerprint density at radius 3 is 2.60 bits per heavy atom. The third-order valence-corrected chi connectivity index (χ3v) is 4.10. The van der Waals surface area contributed by atoms with Crippen LogP contribution in [-0.4, -0.2) is 33.7 Å². The Morgan fingerprint density at radius 1 is 1.40 bits per heavy atom. The third kappa shape index (κ3) is 4.94. The van der Waals surface area contributed by atoms with Crippen LogP contribution in [0.25, 0.3) is 0 Å². The molecule has 0 radical (unpaired) electrons. The van der Waals surface area contributed by atoms with Crippen molar-refractivity contribution in [2.75, 3.05) is 13.2 Å². The zero-order chi connectivity index (χ0) is 15.3. The maximum atomic E-state index is 11.8. The van der Waals surface area contributed by atoms with Crippen molar-refractivity contribution in [2.45, 2.75) is 24.8 Å². The first kappa shape index (κ1) is 17.2. The highest BCUT2D eigenvalue weighted by molar-refractivity contribution is 8.13. The number of hydrogen-bond donors (Lipinski definition) is 0. The fourth-order valence-electron chi connectivity index (χ4n) is 1.39. The summed E-state index contributed by atoms with van der Waals surface area (Å²) in [7, 11) is 1.21. The molecule has 0 aliphatic rings. The summed E-state index contributed by atoms with van der Waals surface area (Å²) >= 11 is 5.72. The van der Waals surface area contributed by atoms with Crippen LogP contribution < -0.4 is 0 Å². The molecule has 112 valence electrons. The molecule has 0 heterocycles. The van der Waals surface area contributed by atoms with Crippen LogP contribution in [0, 0.1) is 0 Å². The van der Waals surface area contributed by atoms with Crippen LogP contribution in [-0.2, 0) is 18.5 Å². The number of carbonyl (C=O) groups is 1. The quantitative estimate of drug-likeness (QED) is 0.588. The molecule has 0 amide bonds. The Kier molecular flexibility index (Phi) is 6.26. The second-order valence-corrected chi connectivity index (χ2v) is 6.90. The van der Waals surface area contributed by atoms with Gasteiger partial charge in [-0.25, -0.2) is 13.2 Å². The maximum absolute atomic E-state index is 11.8. The minimum atomic E-state index is -4.02. The van der Waals surface area contributed by atoms with E-state index in [1.807, 2.05) is 6.92 Å². The van der Waals surface area contributed by atoms with Crippen molar-refractivity contribution in [3.8, 4) is 0 Å². The number of halogens is 2. The van der Waals surface area contributed by atoms with Gasteiger partial charge in [-0.2, -0.15) is 0 Å². The summed E-state index contributed by atoms with van der Waals surface area (Å²) in [5.74, 6) is -0.671. The standard InChI is InChI=1S/C12H14Cl2O5S/c1-3-18-7-8(2)19-12(15)9-4-5-10(13)11(6-9)20(14,16)17/h4-6,8H,3,7H2,1-2H3. The smallest absolute Gasteiger partial charge is 0.338 e. The maximum Gasteiger partial charge on any atom is 0.338 e. The molecule has 20 heavy (non-hydrogen) atoms. The molecule has 0 saturated heterocycles. The monoisotopic (exact) mass is 340 g/mol. The van der Waals surface area contributed by atoms with E-state index >= 15 is 0 Å². The summed E-state index contributed by atoms with van der Waals surface area (Å²) in [4.78, 5) is 11.5. The molecule has 0 aromatic heterocycles. The summed E-state index contributed by atoms with van der Waals surface area (Å²) < 4.78 is 32.8. The lowest BCUT2D eigenvalue weighted by Crippen LogP contribution is -2.20. The molecule has 0 spiro atoms. The molecule has 0 aliphatic carbocycles. The molecule has 0 N–H and O–H groups in total. The second kappa shape index (κ2) is 7.26. The second-order valence-electron chi connectivity index (χ2n) is 3.96. The van der Waals surface area contributed by atoms with E-state index < -0.39 is 21.1 Å². The van der Waals surface area contributed by atoms with Gasteiger partial charge in [0.15, 0.2) is 0 Å². The number of hydrogen-bond acceptors (Lipinski definition) is 5. The Balaban J connectivity index is 2.90. The Morgan fingerprint density at radius 2 is 2.05 bits per heavy atom. The van der Waals surface area contributed by atoms with Gasteiger partial charge in [-0.3, -0.25) is 0 Å². The summed E-state index contributed by atoms with van der Waals surface area (Å²) in [5.41, 5.74) is 0.0528. The molecule has 1 unspecified atom stereocenters. The van der Waals surface area contributed by atoms with Crippen molar-refractivity contribution >= 4 is 37.3 Å². The summed E-state index contributed by atoms with van der Waals surface area (Å²) in [6, 6.07) is 3.73. The van der Waals surface area contributed by atoms with Crippen LogP contribution in [0.3, 0.4) is 0 Å². The van der Waals surface area contributed by atoms with Gasteiger partial charge in [-0.05, 0) is 32.0 Å². The molecule has 0 fully saturated rings. The average Bonchev–Trinajstić information content (AvgIpc) is 2.35. The average molecular weight is 341 g/mol. The SMILES string of the molecule is CCOCC(C)OC(=O)c1ccc(Cl)c(S(=O)(=O)Cl)c1. The predicted octanol–water partition coefficient (Wildman–Crippen LogP) is 2.85. The number of benzene rings is 1. The van der Waals surface area contributed by atoms with E-state index in [4.69, 9.17) is 31.8 Å².